The predicted octanol–water partition coefficient (Wildman–Crippen LogP) is 2.59. The average Bonchev–Trinajstić information content (AvgIpc) is 2.26. The maximum atomic E-state index is 13.1. The van der Waals surface area contributed by atoms with Crippen molar-refractivity contribution in [1.29, 1.82) is 0 Å². The molecule has 78 valence electrons. The largest absolute Gasteiger partial charge is 0.369 e. The molecule has 0 bridgehead atoms. The fourth-order valence-corrected chi connectivity index (χ4v) is 1.41. The lowest BCUT2D eigenvalue weighted by atomic mass is 10.2. The lowest BCUT2D eigenvalue weighted by Gasteiger charge is -2.06. The number of nitrogens with zero attached hydrogens (tertiary/aromatic N) is 2. The van der Waals surface area contributed by atoms with Gasteiger partial charge in [0.25, 0.3) is 0 Å². The first-order valence-electron chi connectivity index (χ1n) is 4.95. The highest BCUT2D eigenvalue weighted by atomic mass is 19.1. The Morgan fingerprint density at radius 1 is 1.33 bits per heavy atom. The second-order valence-electron chi connectivity index (χ2n) is 3.31. The summed E-state index contributed by atoms with van der Waals surface area (Å²) < 4.78 is 13.1. The van der Waals surface area contributed by atoms with E-state index in [-0.39, 0.29) is 5.82 Å². The molecule has 1 N–H and O–H groups in total. The number of hydrogen-bond acceptors (Lipinski definition) is 3. The van der Waals surface area contributed by atoms with E-state index in [4.69, 9.17) is 0 Å². The van der Waals surface area contributed by atoms with Gasteiger partial charge in [-0.1, -0.05) is 6.92 Å². The molecule has 0 aliphatic heterocycles. The number of anilines is 1. The van der Waals surface area contributed by atoms with Crippen LogP contribution in [0.4, 0.5) is 10.2 Å². The summed E-state index contributed by atoms with van der Waals surface area (Å²) in [5, 5.41) is 3.87. The van der Waals surface area contributed by atoms with Crippen LogP contribution in [0.15, 0.2) is 24.5 Å². The third kappa shape index (κ3) is 2.03. The molecule has 0 aliphatic carbocycles. The number of halogens is 1. The van der Waals surface area contributed by atoms with Crippen LogP contribution in [0.25, 0.3) is 10.9 Å². The molecule has 0 saturated heterocycles. The Balaban J connectivity index is 2.48. The monoisotopic (exact) mass is 205 g/mol. The van der Waals surface area contributed by atoms with Crippen LogP contribution in [0.2, 0.25) is 0 Å². The van der Waals surface area contributed by atoms with Gasteiger partial charge in [-0.25, -0.2) is 14.4 Å². The standard InChI is InChI=1S/C11H12FN3/c1-2-5-13-11-9-6-8(12)3-4-10(9)14-7-15-11/h3-4,6-7H,2,5H2,1H3,(H,13,14,15). The molecule has 0 unspecified atom stereocenters. The molecule has 0 fully saturated rings. The van der Waals surface area contributed by atoms with Gasteiger partial charge in [0.1, 0.15) is 18.0 Å². The fourth-order valence-electron chi connectivity index (χ4n) is 1.41. The van der Waals surface area contributed by atoms with E-state index >= 15 is 0 Å². The van der Waals surface area contributed by atoms with E-state index in [1.807, 2.05) is 0 Å². The zero-order valence-corrected chi connectivity index (χ0v) is 8.50. The number of hydrogen-bond donors (Lipinski definition) is 1. The molecule has 1 aromatic carbocycles. The Labute approximate surface area is 87.4 Å². The minimum absolute atomic E-state index is 0.267. The average molecular weight is 205 g/mol. The molecule has 0 amide bonds. The molecule has 2 aromatic rings. The molecule has 0 aliphatic rings. The van der Waals surface area contributed by atoms with Crippen LogP contribution in [0, 0.1) is 5.82 Å². The van der Waals surface area contributed by atoms with Gasteiger partial charge in [-0.15, -0.1) is 0 Å². The van der Waals surface area contributed by atoms with E-state index in [2.05, 4.69) is 22.2 Å². The van der Waals surface area contributed by atoms with Crippen LogP contribution >= 0.6 is 0 Å². The summed E-state index contributed by atoms with van der Waals surface area (Å²) in [4.78, 5) is 8.17. The van der Waals surface area contributed by atoms with Gasteiger partial charge in [0.2, 0.25) is 0 Å². The Morgan fingerprint density at radius 3 is 3.00 bits per heavy atom. The Morgan fingerprint density at radius 2 is 2.20 bits per heavy atom. The lowest BCUT2D eigenvalue weighted by Crippen LogP contribution is -2.03. The van der Waals surface area contributed by atoms with E-state index in [9.17, 15) is 4.39 Å². The number of benzene rings is 1. The first kappa shape index (κ1) is 9.83. The molecule has 15 heavy (non-hydrogen) atoms. The highest BCUT2D eigenvalue weighted by Crippen LogP contribution is 2.19. The van der Waals surface area contributed by atoms with Crippen molar-refractivity contribution in [2.24, 2.45) is 0 Å². The molecule has 3 nitrogen and oxygen atoms in total. The first-order valence-corrected chi connectivity index (χ1v) is 4.95. The summed E-state index contributed by atoms with van der Waals surface area (Å²) in [5.74, 6) is 0.429. The van der Waals surface area contributed by atoms with Gasteiger partial charge in [-0.3, -0.25) is 0 Å². The molecule has 0 atom stereocenters. The van der Waals surface area contributed by atoms with Crippen LogP contribution < -0.4 is 5.32 Å². The third-order valence-corrected chi connectivity index (χ3v) is 2.14. The van der Waals surface area contributed by atoms with Crippen molar-refractivity contribution < 1.29 is 4.39 Å². The molecule has 0 radical (unpaired) electrons. The van der Waals surface area contributed by atoms with E-state index in [0.717, 1.165) is 23.9 Å². The van der Waals surface area contributed by atoms with Crippen molar-refractivity contribution in [3.05, 3.63) is 30.3 Å². The van der Waals surface area contributed by atoms with E-state index in [0.29, 0.717) is 5.82 Å². The Bertz CT molecular complexity index is 470. The number of aromatic nitrogens is 2. The maximum Gasteiger partial charge on any atom is 0.137 e. The molecule has 2 rings (SSSR count). The van der Waals surface area contributed by atoms with Crippen molar-refractivity contribution in [3.63, 3.8) is 0 Å². The van der Waals surface area contributed by atoms with Crippen LogP contribution in [0.1, 0.15) is 13.3 Å². The van der Waals surface area contributed by atoms with Gasteiger partial charge in [-0.2, -0.15) is 0 Å². The van der Waals surface area contributed by atoms with Gasteiger partial charge in [0.05, 0.1) is 5.52 Å². The Hall–Kier alpha value is -1.71. The van der Waals surface area contributed by atoms with Gasteiger partial charge in [0, 0.05) is 11.9 Å². The number of rotatable bonds is 3. The van der Waals surface area contributed by atoms with E-state index < -0.39 is 0 Å². The second kappa shape index (κ2) is 4.21. The van der Waals surface area contributed by atoms with Crippen molar-refractivity contribution >= 4 is 16.7 Å². The summed E-state index contributed by atoms with van der Waals surface area (Å²) in [6, 6.07) is 4.51. The van der Waals surface area contributed by atoms with Gasteiger partial charge in [-0.05, 0) is 24.6 Å². The minimum Gasteiger partial charge on any atom is -0.369 e. The quantitative estimate of drug-likeness (QED) is 0.836. The second-order valence-corrected chi connectivity index (χ2v) is 3.31. The molecular weight excluding hydrogens is 193 g/mol. The van der Waals surface area contributed by atoms with Crippen LogP contribution in [0.3, 0.4) is 0 Å². The van der Waals surface area contributed by atoms with E-state index in [1.165, 1.54) is 18.5 Å². The van der Waals surface area contributed by atoms with Gasteiger partial charge in [0.15, 0.2) is 0 Å². The summed E-state index contributed by atoms with van der Waals surface area (Å²) in [5.41, 5.74) is 0.755. The molecule has 1 heterocycles. The van der Waals surface area contributed by atoms with Crippen LogP contribution in [0.5, 0.6) is 0 Å². The highest BCUT2D eigenvalue weighted by Gasteiger charge is 2.03. The topological polar surface area (TPSA) is 37.8 Å². The zero-order chi connectivity index (χ0) is 10.7. The summed E-state index contributed by atoms with van der Waals surface area (Å²) in [6.45, 7) is 2.89. The summed E-state index contributed by atoms with van der Waals surface area (Å²) >= 11 is 0. The normalized spacial score (nSPS) is 10.5. The number of nitrogens with one attached hydrogen (secondary N) is 1. The third-order valence-electron chi connectivity index (χ3n) is 2.14. The summed E-state index contributed by atoms with van der Waals surface area (Å²) in [7, 11) is 0. The Kier molecular flexibility index (Phi) is 2.76. The molecular formula is C11H12FN3. The lowest BCUT2D eigenvalue weighted by molar-refractivity contribution is 0.629. The van der Waals surface area contributed by atoms with Crippen molar-refractivity contribution in [1.82, 2.24) is 9.97 Å². The molecule has 4 heteroatoms. The molecule has 0 saturated carbocycles. The molecule has 1 aromatic heterocycles. The fraction of sp³-hybridized carbons (Fsp3) is 0.273. The highest BCUT2D eigenvalue weighted by molar-refractivity contribution is 5.88. The minimum atomic E-state index is -0.267. The SMILES string of the molecule is CCCNc1ncnc2ccc(F)cc12. The zero-order valence-electron chi connectivity index (χ0n) is 8.50. The number of fused-ring (bicyclic) bond motifs is 1. The van der Waals surface area contributed by atoms with Gasteiger partial charge >= 0.3 is 0 Å². The van der Waals surface area contributed by atoms with Crippen molar-refractivity contribution in [2.75, 3.05) is 11.9 Å². The van der Waals surface area contributed by atoms with Crippen LogP contribution in [-0.2, 0) is 0 Å². The maximum absolute atomic E-state index is 13.1. The smallest absolute Gasteiger partial charge is 0.137 e. The predicted molar refractivity (Wildman–Crippen MR) is 58.3 cm³/mol. The molecule has 0 spiro atoms. The summed E-state index contributed by atoms with van der Waals surface area (Å²) in [6.07, 6.45) is 2.49. The van der Waals surface area contributed by atoms with Gasteiger partial charge < -0.3 is 5.32 Å². The van der Waals surface area contributed by atoms with Crippen molar-refractivity contribution in [2.45, 2.75) is 13.3 Å². The van der Waals surface area contributed by atoms with E-state index in [1.54, 1.807) is 6.07 Å². The van der Waals surface area contributed by atoms with Crippen molar-refractivity contribution in [3.8, 4) is 0 Å². The first-order chi connectivity index (χ1) is 7.31. The van der Waals surface area contributed by atoms with Crippen LogP contribution in [-0.4, -0.2) is 16.5 Å².